The molecule has 2 aliphatic heterocycles. The van der Waals surface area contributed by atoms with Crippen molar-refractivity contribution in [3.63, 3.8) is 0 Å². The minimum Gasteiger partial charge on any atom is -0.481 e. The van der Waals surface area contributed by atoms with Crippen molar-refractivity contribution < 1.29 is 33.9 Å². The highest BCUT2D eigenvalue weighted by molar-refractivity contribution is 5.99. The molecule has 5 atom stereocenters. The first-order valence-corrected chi connectivity index (χ1v) is 14.8. The number of benzene rings is 1. The number of nitrogens with one attached hydrogen (secondary N) is 5. The van der Waals surface area contributed by atoms with E-state index in [9.17, 15) is 33.9 Å². The van der Waals surface area contributed by atoms with Gasteiger partial charge >= 0.3 is 5.97 Å². The van der Waals surface area contributed by atoms with E-state index in [1.807, 2.05) is 31.2 Å². The molecule has 2 fully saturated rings. The van der Waals surface area contributed by atoms with Gasteiger partial charge in [-0.1, -0.05) is 45.4 Å². The van der Waals surface area contributed by atoms with E-state index < -0.39 is 72.1 Å². The Morgan fingerprint density at radius 1 is 0.930 bits per heavy atom. The Morgan fingerprint density at radius 3 is 2.30 bits per heavy atom. The van der Waals surface area contributed by atoms with E-state index in [2.05, 4.69) is 26.3 Å². The Bertz CT molecular complexity index is 1390. The Hall–Kier alpha value is -4.42. The molecule has 43 heavy (non-hydrogen) atoms. The first-order valence-electron chi connectivity index (χ1n) is 14.8. The van der Waals surface area contributed by atoms with Gasteiger partial charge in [-0.15, -0.1) is 0 Å². The van der Waals surface area contributed by atoms with Crippen molar-refractivity contribution in [3.8, 4) is 0 Å². The zero-order valence-electron chi connectivity index (χ0n) is 24.6. The standard InChI is InChI=1S/C30H40N6O7/c1-4-8-20-26(39)33-21(13-17-15-31-19-10-6-5-9-18(17)19)27(40)34-22(14-24(37)38)30(43)36-12-7-11-23(36)28(41)35-25(16(2)3)29(42)32-20/h5-6,9-10,15-16,20-23,25,31H,4,7-8,11-14H2,1-3H3,(H,32,42)(H,33,39)(H,34,40)(H,35,41)(H,37,38)/t20-,21+,22+,23-,25+/m1/s1. The average Bonchev–Trinajstić information content (AvgIpc) is 3.61. The molecule has 232 valence electrons. The molecule has 0 aliphatic carbocycles. The summed E-state index contributed by atoms with van der Waals surface area (Å²) >= 11 is 0. The van der Waals surface area contributed by atoms with E-state index >= 15 is 0 Å². The van der Waals surface area contributed by atoms with E-state index in [0.717, 1.165) is 16.5 Å². The predicted octanol–water partition coefficient (Wildman–Crippen LogP) is 0.585. The molecule has 2 saturated heterocycles. The zero-order chi connectivity index (χ0) is 31.3. The zero-order valence-corrected chi connectivity index (χ0v) is 24.6. The summed E-state index contributed by atoms with van der Waals surface area (Å²) in [5.41, 5.74) is 1.55. The van der Waals surface area contributed by atoms with Crippen LogP contribution in [-0.4, -0.2) is 87.2 Å². The maximum absolute atomic E-state index is 13.8. The largest absolute Gasteiger partial charge is 0.481 e. The number of nitrogens with zero attached hydrogens (tertiary/aromatic N) is 1. The predicted molar refractivity (Wildman–Crippen MR) is 156 cm³/mol. The van der Waals surface area contributed by atoms with E-state index in [1.54, 1.807) is 20.0 Å². The minimum atomic E-state index is -1.47. The van der Waals surface area contributed by atoms with Crippen LogP contribution >= 0.6 is 0 Å². The fourth-order valence-corrected chi connectivity index (χ4v) is 5.76. The normalized spacial score (nSPS) is 25.8. The number of H-pyrrole nitrogens is 1. The molecule has 13 nitrogen and oxygen atoms in total. The number of carbonyl (C=O) groups excluding carboxylic acids is 5. The highest BCUT2D eigenvalue weighted by atomic mass is 16.4. The number of carboxylic acid groups (broad SMARTS) is 1. The van der Waals surface area contributed by atoms with Crippen molar-refractivity contribution in [2.75, 3.05) is 6.54 Å². The molecule has 0 bridgehead atoms. The van der Waals surface area contributed by atoms with Gasteiger partial charge in [0.25, 0.3) is 0 Å². The van der Waals surface area contributed by atoms with Crippen LogP contribution in [0.1, 0.15) is 58.4 Å². The third kappa shape index (κ3) is 7.33. The molecular weight excluding hydrogens is 556 g/mol. The van der Waals surface area contributed by atoms with Crippen LogP contribution in [0.3, 0.4) is 0 Å². The summed E-state index contributed by atoms with van der Waals surface area (Å²) < 4.78 is 0. The molecule has 4 rings (SSSR count). The third-order valence-corrected chi connectivity index (χ3v) is 8.02. The van der Waals surface area contributed by atoms with Crippen LogP contribution in [0.5, 0.6) is 0 Å². The van der Waals surface area contributed by atoms with Gasteiger partial charge in [-0.3, -0.25) is 28.8 Å². The lowest BCUT2D eigenvalue weighted by molar-refractivity contribution is -0.146. The average molecular weight is 597 g/mol. The van der Waals surface area contributed by atoms with Crippen molar-refractivity contribution in [3.05, 3.63) is 36.0 Å². The second-order valence-electron chi connectivity index (χ2n) is 11.6. The van der Waals surface area contributed by atoms with Gasteiger partial charge < -0.3 is 36.3 Å². The topological polar surface area (TPSA) is 190 Å². The smallest absolute Gasteiger partial charge is 0.305 e. The van der Waals surface area contributed by atoms with Crippen molar-refractivity contribution in [2.45, 2.75) is 89.5 Å². The highest BCUT2D eigenvalue weighted by Crippen LogP contribution is 2.22. The van der Waals surface area contributed by atoms with Gasteiger partial charge in [-0.25, -0.2) is 0 Å². The Labute approximate surface area is 249 Å². The summed E-state index contributed by atoms with van der Waals surface area (Å²) in [7, 11) is 0. The summed E-state index contributed by atoms with van der Waals surface area (Å²) in [6, 6.07) is 1.84. The number of carboxylic acids is 1. The Morgan fingerprint density at radius 2 is 1.60 bits per heavy atom. The van der Waals surface area contributed by atoms with Crippen molar-refractivity contribution in [1.29, 1.82) is 0 Å². The van der Waals surface area contributed by atoms with Gasteiger partial charge in [0.05, 0.1) is 6.42 Å². The summed E-state index contributed by atoms with van der Waals surface area (Å²) in [6.45, 7) is 5.56. The Balaban J connectivity index is 1.75. The number of hydrogen-bond acceptors (Lipinski definition) is 6. The molecule has 0 saturated carbocycles. The molecule has 1 aromatic carbocycles. The van der Waals surface area contributed by atoms with E-state index in [1.165, 1.54) is 4.90 Å². The van der Waals surface area contributed by atoms with Crippen LogP contribution in [-0.2, 0) is 35.2 Å². The number of amides is 5. The minimum absolute atomic E-state index is 0.0311. The lowest BCUT2D eigenvalue weighted by Gasteiger charge is -2.30. The van der Waals surface area contributed by atoms with Gasteiger partial charge in [-0.2, -0.15) is 0 Å². The maximum Gasteiger partial charge on any atom is 0.305 e. The molecule has 0 spiro atoms. The first-order chi connectivity index (χ1) is 20.5. The molecule has 2 aliphatic rings. The quantitative estimate of drug-likeness (QED) is 0.269. The lowest BCUT2D eigenvalue weighted by Crippen LogP contribution is -2.58. The highest BCUT2D eigenvalue weighted by Gasteiger charge is 2.41. The fraction of sp³-hybridized carbons (Fsp3) is 0.533. The van der Waals surface area contributed by atoms with E-state index in [-0.39, 0.29) is 25.3 Å². The van der Waals surface area contributed by atoms with E-state index in [4.69, 9.17) is 0 Å². The monoisotopic (exact) mass is 596 g/mol. The van der Waals surface area contributed by atoms with Crippen LogP contribution in [0.15, 0.2) is 30.5 Å². The van der Waals surface area contributed by atoms with Gasteiger partial charge in [0.15, 0.2) is 0 Å². The summed E-state index contributed by atoms with van der Waals surface area (Å²) in [6.07, 6.45) is 2.67. The molecule has 6 N–H and O–H groups in total. The van der Waals surface area contributed by atoms with Gasteiger partial charge in [-0.05, 0) is 36.8 Å². The van der Waals surface area contributed by atoms with Gasteiger partial charge in [0.2, 0.25) is 29.5 Å². The molecule has 0 radical (unpaired) electrons. The van der Waals surface area contributed by atoms with E-state index in [0.29, 0.717) is 19.3 Å². The van der Waals surface area contributed by atoms with Crippen molar-refractivity contribution in [2.24, 2.45) is 5.92 Å². The number of fused-ring (bicyclic) bond motifs is 2. The van der Waals surface area contributed by atoms with Crippen LogP contribution < -0.4 is 21.3 Å². The van der Waals surface area contributed by atoms with Crippen molar-refractivity contribution in [1.82, 2.24) is 31.2 Å². The molecule has 5 amide bonds. The SMILES string of the molecule is CCC[C@H]1NC(=O)[C@H](C(C)C)NC(=O)[C@H]2CCCN2C(=O)[C@H](CC(=O)O)NC(=O)[C@H](Cc2c[nH]c3ccccc23)NC1=O. The van der Waals surface area contributed by atoms with Gasteiger partial charge in [0.1, 0.15) is 30.2 Å². The summed E-state index contributed by atoms with van der Waals surface area (Å²) in [5.74, 6) is -4.84. The second kappa shape index (κ2) is 13.7. The van der Waals surface area contributed by atoms with Crippen molar-refractivity contribution >= 4 is 46.4 Å². The number of aromatic amines is 1. The number of rotatable bonds is 7. The summed E-state index contributed by atoms with van der Waals surface area (Å²) in [5, 5.41) is 21.2. The Kier molecular flexibility index (Phi) is 10.0. The molecule has 1 aromatic heterocycles. The number of aromatic nitrogens is 1. The molecule has 0 unspecified atom stereocenters. The number of hydrogen-bond donors (Lipinski definition) is 6. The van der Waals surface area contributed by atoms with Crippen LogP contribution in [0.2, 0.25) is 0 Å². The second-order valence-corrected chi connectivity index (χ2v) is 11.6. The first kappa shape index (κ1) is 31.5. The van der Waals surface area contributed by atoms with Gasteiger partial charge in [0, 0.05) is 30.1 Å². The van der Waals surface area contributed by atoms with Crippen LogP contribution in [0, 0.1) is 5.92 Å². The number of para-hydroxylation sites is 1. The number of carbonyl (C=O) groups is 6. The fourth-order valence-electron chi connectivity index (χ4n) is 5.76. The lowest BCUT2D eigenvalue weighted by atomic mass is 10.0. The molecular formula is C30H40N6O7. The van der Waals surface area contributed by atoms with Crippen LogP contribution in [0.4, 0.5) is 0 Å². The third-order valence-electron chi connectivity index (χ3n) is 8.02. The molecule has 3 heterocycles. The molecule has 2 aromatic rings. The maximum atomic E-state index is 13.8. The molecule has 13 heteroatoms. The van der Waals surface area contributed by atoms with Crippen LogP contribution in [0.25, 0.3) is 10.9 Å². The number of aliphatic carboxylic acids is 1. The summed E-state index contributed by atoms with van der Waals surface area (Å²) in [4.78, 5) is 84.0.